The summed E-state index contributed by atoms with van der Waals surface area (Å²) in [4.78, 5) is 15.5. The molecule has 2 unspecified atom stereocenters. The summed E-state index contributed by atoms with van der Waals surface area (Å²) in [5.74, 6) is 0.850. The largest absolute Gasteiger partial charge is 0.326 e. The molecule has 0 bridgehead atoms. The lowest BCUT2D eigenvalue weighted by atomic mass is 10.1. The number of aliphatic imine (C=N–C) groups is 1. The molecule has 1 N–H and O–H groups in total. The maximum Gasteiger partial charge on any atom is 0.227 e. The fraction of sp³-hybridized carbons (Fsp3) is 0.333. The van der Waals surface area contributed by atoms with Gasteiger partial charge in [0.2, 0.25) is 5.91 Å². The Hall–Kier alpha value is -1.90. The van der Waals surface area contributed by atoms with E-state index in [0.717, 1.165) is 23.2 Å². The van der Waals surface area contributed by atoms with Crippen LogP contribution in [0.3, 0.4) is 0 Å². The Kier molecular flexibility index (Phi) is 3.60. The van der Waals surface area contributed by atoms with Gasteiger partial charge in [0, 0.05) is 17.8 Å². The first-order valence-electron chi connectivity index (χ1n) is 6.15. The van der Waals surface area contributed by atoms with Crippen molar-refractivity contribution in [1.82, 2.24) is 0 Å². The zero-order valence-corrected chi connectivity index (χ0v) is 10.8. The third kappa shape index (κ3) is 2.86. The van der Waals surface area contributed by atoms with Gasteiger partial charge in [0.15, 0.2) is 0 Å². The molecular weight excluding hydrogens is 224 g/mol. The van der Waals surface area contributed by atoms with Crippen LogP contribution in [0.1, 0.15) is 24.5 Å². The summed E-state index contributed by atoms with van der Waals surface area (Å²) in [6.45, 7) is 7.54. The standard InChI is InChI=1S/C15H18N2O/c1-10-4-5-13(9-12(10)6-7-16-3)17-15(18)14-8-11(14)2/h4-7,9,11,14H,3,8H2,1-2H3,(H,17,18)/b7-6-. The maximum atomic E-state index is 11.8. The summed E-state index contributed by atoms with van der Waals surface area (Å²) in [7, 11) is 0. The summed E-state index contributed by atoms with van der Waals surface area (Å²) >= 11 is 0. The molecule has 1 aromatic rings. The number of rotatable bonds is 4. The normalized spacial score (nSPS) is 21.9. The Bertz CT molecular complexity index is 505. The molecule has 1 fully saturated rings. The third-order valence-electron chi connectivity index (χ3n) is 3.35. The molecule has 1 saturated carbocycles. The highest BCUT2D eigenvalue weighted by Gasteiger charge is 2.39. The summed E-state index contributed by atoms with van der Waals surface area (Å²) < 4.78 is 0. The van der Waals surface area contributed by atoms with Gasteiger partial charge in [-0.3, -0.25) is 9.79 Å². The predicted molar refractivity (Wildman–Crippen MR) is 75.7 cm³/mol. The number of hydrogen-bond donors (Lipinski definition) is 1. The lowest BCUT2D eigenvalue weighted by Gasteiger charge is -2.07. The number of benzene rings is 1. The van der Waals surface area contributed by atoms with Crippen molar-refractivity contribution in [3.8, 4) is 0 Å². The Morgan fingerprint density at radius 3 is 2.89 bits per heavy atom. The second-order valence-corrected chi connectivity index (χ2v) is 4.88. The van der Waals surface area contributed by atoms with Crippen LogP contribution in [0.2, 0.25) is 0 Å². The molecule has 3 heteroatoms. The molecule has 0 aromatic heterocycles. The van der Waals surface area contributed by atoms with Gasteiger partial charge in [-0.2, -0.15) is 0 Å². The van der Waals surface area contributed by atoms with E-state index in [0.29, 0.717) is 5.92 Å². The number of aryl methyl sites for hydroxylation is 1. The topological polar surface area (TPSA) is 41.5 Å². The van der Waals surface area contributed by atoms with E-state index in [1.165, 1.54) is 0 Å². The molecule has 2 rings (SSSR count). The Morgan fingerprint density at radius 1 is 1.56 bits per heavy atom. The van der Waals surface area contributed by atoms with Crippen molar-refractivity contribution in [2.45, 2.75) is 20.3 Å². The molecule has 1 aliphatic carbocycles. The van der Waals surface area contributed by atoms with Gasteiger partial charge in [0.05, 0.1) is 0 Å². The van der Waals surface area contributed by atoms with Gasteiger partial charge in [-0.15, -0.1) is 0 Å². The Balaban J connectivity index is 2.11. The summed E-state index contributed by atoms with van der Waals surface area (Å²) in [6, 6.07) is 5.88. The number of carbonyl (C=O) groups excluding carboxylic acids is 1. The lowest BCUT2D eigenvalue weighted by Crippen LogP contribution is -2.14. The number of amides is 1. The SMILES string of the molecule is C=N/C=C\c1cc(NC(=O)C2CC2C)ccc1C. The van der Waals surface area contributed by atoms with Crippen molar-refractivity contribution in [2.24, 2.45) is 16.8 Å². The first-order chi connectivity index (χ1) is 8.61. The third-order valence-corrected chi connectivity index (χ3v) is 3.35. The van der Waals surface area contributed by atoms with E-state index in [2.05, 4.69) is 24.0 Å². The molecule has 1 aliphatic rings. The van der Waals surface area contributed by atoms with E-state index in [1.54, 1.807) is 6.20 Å². The van der Waals surface area contributed by atoms with Crippen LogP contribution in [0.4, 0.5) is 5.69 Å². The molecule has 0 aliphatic heterocycles. The molecule has 94 valence electrons. The zero-order valence-electron chi connectivity index (χ0n) is 10.8. The molecular formula is C15H18N2O. The van der Waals surface area contributed by atoms with Gasteiger partial charge in [-0.05, 0) is 55.3 Å². The van der Waals surface area contributed by atoms with E-state index < -0.39 is 0 Å². The minimum Gasteiger partial charge on any atom is -0.326 e. The van der Waals surface area contributed by atoms with E-state index in [1.807, 2.05) is 31.2 Å². The summed E-state index contributed by atoms with van der Waals surface area (Å²) in [5.41, 5.74) is 3.03. The zero-order chi connectivity index (χ0) is 13.1. The highest BCUT2D eigenvalue weighted by atomic mass is 16.2. The highest BCUT2D eigenvalue weighted by molar-refractivity contribution is 5.94. The quantitative estimate of drug-likeness (QED) is 0.809. The van der Waals surface area contributed by atoms with Gasteiger partial charge in [-0.25, -0.2) is 0 Å². The molecule has 0 spiro atoms. The first kappa shape index (κ1) is 12.6. The molecule has 0 saturated heterocycles. The number of nitrogens with zero attached hydrogens (tertiary/aromatic N) is 1. The molecule has 18 heavy (non-hydrogen) atoms. The van der Waals surface area contributed by atoms with Crippen LogP contribution in [0, 0.1) is 18.8 Å². The van der Waals surface area contributed by atoms with E-state index >= 15 is 0 Å². The lowest BCUT2D eigenvalue weighted by molar-refractivity contribution is -0.117. The first-order valence-corrected chi connectivity index (χ1v) is 6.15. The van der Waals surface area contributed by atoms with Crippen molar-refractivity contribution >= 4 is 24.4 Å². The maximum absolute atomic E-state index is 11.8. The molecule has 0 heterocycles. The fourth-order valence-corrected chi connectivity index (χ4v) is 1.95. The van der Waals surface area contributed by atoms with Crippen LogP contribution in [-0.2, 0) is 4.79 Å². The molecule has 0 radical (unpaired) electrons. The van der Waals surface area contributed by atoms with Gasteiger partial charge < -0.3 is 5.32 Å². The van der Waals surface area contributed by atoms with Gasteiger partial charge >= 0.3 is 0 Å². The molecule has 2 atom stereocenters. The molecule has 1 aromatic carbocycles. The van der Waals surface area contributed by atoms with Crippen molar-refractivity contribution in [3.05, 3.63) is 35.5 Å². The Morgan fingerprint density at radius 2 is 2.28 bits per heavy atom. The van der Waals surface area contributed by atoms with Crippen molar-refractivity contribution in [1.29, 1.82) is 0 Å². The van der Waals surface area contributed by atoms with Crippen LogP contribution < -0.4 is 5.32 Å². The smallest absolute Gasteiger partial charge is 0.227 e. The van der Waals surface area contributed by atoms with Gasteiger partial charge in [0.25, 0.3) is 0 Å². The van der Waals surface area contributed by atoms with Crippen LogP contribution in [0.5, 0.6) is 0 Å². The van der Waals surface area contributed by atoms with Crippen LogP contribution >= 0.6 is 0 Å². The fourth-order valence-electron chi connectivity index (χ4n) is 1.95. The van der Waals surface area contributed by atoms with Crippen LogP contribution in [-0.4, -0.2) is 12.6 Å². The number of anilines is 1. The van der Waals surface area contributed by atoms with E-state index in [-0.39, 0.29) is 11.8 Å². The number of nitrogens with one attached hydrogen (secondary N) is 1. The van der Waals surface area contributed by atoms with Crippen molar-refractivity contribution in [3.63, 3.8) is 0 Å². The van der Waals surface area contributed by atoms with E-state index in [9.17, 15) is 4.79 Å². The summed E-state index contributed by atoms with van der Waals surface area (Å²) in [6.07, 6.45) is 4.54. The molecule has 1 amide bonds. The van der Waals surface area contributed by atoms with Crippen LogP contribution in [0.15, 0.2) is 29.4 Å². The van der Waals surface area contributed by atoms with Crippen molar-refractivity contribution < 1.29 is 4.79 Å². The second-order valence-electron chi connectivity index (χ2n) is 4.88. The highest BCUT2D eigenvalue weighted by Crippen LogP contribution is 2.38. The molecule has 3 nitrogen and oxygen atoms in total. The van der Waals surface area contributed by atoms with Crippen molar-refractivity contribution in [2.75, 3.05) is 5.32 Å². The second kappa shape index (κ2) is 5.17. The monoisotopic (exact) mass is 242 g/mol. The summed E-state index contributed by atoms with van der Waals surface area (Å²) in [5, 5.41) is 2.96. The Labute approximate surface area is 108 Å². The minimum atomic E-state index is 0.128. The average molecular weight is 242 g/mol. The number of hydrogen-bond acceptors (Lipinski definition) is 2. The average Bonchev–Trinajstić information content (AvgIpc) is 3.07. The van der Waals surface area contributed by atoms with Gasteiger partial charge in [0.1, 0.15) is 0 Å². The van der Waals surface area contributed by atoms with Crippen LogP contribution in [0.25, 0.3) is 6.08 Å². The van der Waals surface area contributed by atoms with Gasteiger partial charge in [-0.1, -0.05) is 13.0 Å². The predicted octanol–water partition coefficient (Wildman–Crippen LogP) is 3.26. The van der Waals surface area contributed by atoms with E-state index in [4.69, 9.17) is 0 Å². The number of carbonyl (C=O) groups is 1. The minimum absolute atomic E-state index is 0.128.